The normalized spacial score (nSPS) is 13.8. The van der Waals surface area contributed by atoms with Gasteiger partial charge in [-0.05, 0) is 30.7 Å². The molecule has 0 fully saturated rings. The van der Waals surface area contributed by atoms with Crippen molar-refractivity contribution in [3.05, 3.63) is 59.8 Å². The number of anilines is 1. The number of oxazole rings is 1. The molecular formula is C20H20N2O5. The third-order valence-corrected chi connectivity index (χ3v) is 4.05. The molecule has 7 heteroatoms. The SMILES string of the molecule is CCCc1nc2ccc(N3C=CC=CC(C(=O)OC)=C3C(=O)OC)cc2o1. The summed E-state index contributed by atoms with van der Waals surface area (Å²) in [5.74, 6) is -0.626. The van der Waals surface area contributed by atoms with E-state index in [4.69, 9.17) is 13.9 Å². The molecule has 0 N–H and O–H groups in total. The van der Waals surface area contributed by atoms with Crippen LogP contribution in [0, 0.1) is 0 Å². The van der Waals surface area contributed by atoms with Gasteiger partial charge in [0.2, 0.25) is 0 Å². The summed E-state index contributed by atoms with van der Waals surface area (Å²) in [6.07, 6.45) is 8.23. The predicted octanol–water partition coefficient (Wildman–Crippen LogP) is 3.27. The molecule has 0 aliphatic carbocycles. The van der Waals surface area contributed by atoms with E-state index in [-0.39, 0.29) is 11.3 Å². The van der Waals surface area contributed by atoms with Gasteiger partial charge < -0.3 is 18.8 Å². The van der Waals surface area contributed by atoms with Gasteiger partial charge in [-0.3, -0.25) is 0 Å². The van der Waals surface area contributed by atoms with Crippen LogP contribution in [0.5, 0.6) is 0 Å². The summed E-state index contributed by atoms with van der Waals surface area (Å²) in [6.45, 7) is 2.05. The molecule has 140 valence electrons. The number of carbonyl (C=O) groups excluding carboxylic acids is 2. The van der Waals surface area contributed by atoms with Crippen molar-refractivity contribution in [3.63, 3.8) is 0 Å². The van der Waals surface area contributed by atoms with E-state index in [1.807, 2.05) is 6.07 Å². The first-order valence-electron chi connectivity index (χ1n) is 8.53. The van der Waals surface area contributed by atoms with E-state index in [9.17, 15) is 9.59 Å². The zero-order valence-corrected chi connectivity index (χ0v) is 15.4. The summed E-state index contributed by atoms with van der Waals surface area (Å²) in [7, 11) is 2.52. The van der Waals surface area contributed by atoms with Gasteiger partial charge in [0.05, 0.1) is 19.8 Å². The molecule has 1 aromatic heterocycles. The molecule has 0 saturated carbocycles. The molecule has 7 nitrogen and oxygen atoms in total. The Morgan fingerprint density at radius 1 is 1.15 bits per heavy atom. The number of benzene rings is 1. The van der Waals surface area contributed by atoms with E-state index in [0.717, 1.165) is 18.4 Å². The third kappa shape index (κ3) is 3.62. The van der Waals surface area contributed by atoms with E-state index < -0.39 is 11.9 Å². The first-order valence-corrected chi connectivity index (χ1v) is 8.53. The van der Waals surface area contributed by atoms with Crippen molar-refractivity contribution in [2.75, 3.05) is 19.1 Å². The van der Waals surface area contributed by atoms with Crippen molar-refractivity contribution >= 4 is 28.7 Å². The number of aryl methyl sites for hydroxylation is 1. The molecule has 0 bridgehead atoms. The second-order valence-corrected chi connectivity index (χ2v) is 5.83. The molecule has 0 spiro atoms. The Morgan fingerprint density at radius 2 is 1.93 bits per heavy atom. The summed E-state index contributed by atoms with van der Waals surface area (Å²) in [5, 5.41) is 0. The van der Waals surface area contributed by atoms with Gasteiger partial charge in [-0.25, -0.2) is 14.6 Å². The molecule has 0 unspecified atom stereocenters. The molecule has 0 saturated heterocycles. The van der Waals surface area contributed by atoms with Crippen LogP contribution in [0.2, 0.25) is 0 Å². The summed E-state index contributed by atoms with van der Waals surface area (Å²) < 4.78 is 15.5. The highest BCUT2D eigenvalue weighted by Gasteiger charge is 2.27. The quantitative estimate of drug-likeness (QED) is 0.749. The summed E-state index contributed by atoms with van der Waals surface area (Å²) in [6, 6.07) is 5.38. The molecule has 1 aliphatic heterocycles. The van der Waals surface area contributed by atoms with Gasteiger partial charge in [-0.15, -0.1) is 0 Å². The lowest BCUT2D eigenvalue weighted by molar-refractivity contribution is -0.139. The van der Waals surface area contributed by atoms with Crippen molar-refractivity contribution in [3.8, 4) is 0 Å². The lowest BCUT2D eigenvalue weighted by Crippen LogP contribution is -2.26. The fraction of sp³-hybridized carbons (Fsp3) is 0.250. The minimum atomic E-state index is -0.657. The largest absolute Gasteiger partial charge is 0.465 e. The molecule has 0 atom stereocenters. The second kappa shape index (κ2) is 7.90. The molecule has 27 heavy (non-hydrogen) atoms. The van der Waals surface area contributed by atoms with Crippen molar-refractivity contribution in [1.82, 2.24) is 4.98 Å². The van der Waals surface area contributed by atoms with Crippen LogP contribution in [0.1, 0.15) is 19.2 Å². The monoisotopic (exact) mass is 368 g/mol. The highest BCUT2D eigenvalue weighted by atomic mass is 16.5. The van der Waals surface area contributed by atoms with Crippen LogP contribution in [0.25, 0.3) is 11.1 Å². The van der Waals surface area contributed by atoms with Gasteiger partial charge in [0.1, 0.15) is 11.2 Å². The Kier molecular flexibility index (Phi) is 5.40. The average Bonchev–Trinajstić information content (AvgIpc) is 2.95. The van der Waals surface area contributed by atoms with E-state index in [1.54, 1.807) is 35.4 Å². The zero-order chi connectivity index (χ0) is 19.4. The van der Waals surface area contributed by atoms with Crippen molar-refractivity contribution in [2.45, 2.75) is 19.8 Å². The van der Waals surface area contributed by atoms with Crippen LogP contribution in [-0.4, -0.2) is 31.1 Å². The number of aromatic nitrogens is 1. The molecule has 2 heterocycles. The molecule has 0 amide bonds. The standard InChI is InChI=1S/C20H20N2O5/c1-4-7-17-21-15-10-9-13(12-16(15)27-17)22-11-6-5-8-14(19(23)25-2)18(22)20(24)26-3/h5-6,8-12H,4,7H2,1-3H3. The van der Waals surface area contributed by atoms with Crippen LogP contribution in [0.4, 0.5) is 5.69 Å². The van der Waals surface area contributed by atoms with E-state index in [1.165, 1.54) is 20.3 Å². The van der Waals surface area contributed by atoms with Gasteiger partial charge in [-0.2, -0.15) is 0 Å². The number of fused-ring (bicyclic) bond motifs is 1. The van der Waals surface area contributed by atoms with Crippen molar-refractivity contribution < 1.29 is 23.5 Å². The van der Waals surface area contributed by atoms with Gasteiger partial charge >= 0.3 is 11.9 Å². The maximum absolute atomic E-state index is 12.5. The Hall–Kier alpha value is -3.35. The second-order valence-electron chi connectivity index (χ2n) is 5.83. The smallest absolute Gasteiger partial charge is 0.355 e. The number of ether oxygens (including phenoxy) is 2. The van der Waals surface area contributed by atoms with Crippen LogP contribution < -0.4 is 4.90 Å². The van der Waals surface area contributed by atoms with Gasteiger partial charge in [0, 0.05) is 24.4 Å². The minimum Gasteiger partial charge on any atom is -0.465 e. The Labute approximate surface area is 156 Å². The lowest BCUT2D eigenvalue weighted by Gasteiger charge is -2.22. The number of allylic oxidation sites excluding steroid dienone is 2. The maximum atomic E-state index is 12.5. The number of carbonyl (C=O) groups is 2. The lowest BCUT2D eigenvalue weighted by atomic mass is 10.1. The third-order valence-electron chi connectivity index (χ3n) is 4.05. The topological polar surface area (TPSA) is 81.9 Å². The van der Waals surface area contributed by atoms with Crippen molar-refractivity contribution in [1.29, 1.82) is 0 Å². The van der Waals surface area contributed by atoms with Crippen LogP contribution >= 0.6 is 0 Å². The van der Waals surface area contributed by atoms with Crippen LogP contribution in [0.3, 0.4) is 0 Å². The zero-order valence-electron chi connectivity index (χ0n) is 15.4. The highest BCUT2D eigenvalue weighted by molar-refractivity contribution is 6.05. The molecule has 0 radical (unpaired) electrons. The summed E-state index contributed by atoms with van der Waals surface area (Å²) in [4.78, 5) is 30.7. The number of nitrogens with zero attached hydrogens (tertiary/aromatic N) is 2. The fourth-order valence-corrected chi connectivity index (χ4v) is 2.80. The van der Waals surface area contributed by atoms with Gasteiger partial charge in [-0.1, -0.05) is 13.0 Å². The molecule has 1 aromatic carbocycles. The van der Waals surface area contributed by atoms with Crippen LogP contribution in [-0.2, 0) is 25.5 Å². The van der Waals surface area contributed by atoms with E-state index in [0.29, 0.717) is 17.2 Å². The first kappa shape index (κ1) is 18.4. The number of hydrogen-bond acceptors (Lipinski definition) is 7. The van der Waals surface area contributed by atoms with Crippen molar-refractivity contribution in [2.24, 2.45) is 0 Å². The van der Waals surface area contributed by atoms with Crippen LogP contribution in [0.15, 0.2) is 58.3 Å². The molecule has 1 aliphatic rings. The number of hydrogen-bond donors (Lipinski definition) is 0. The Bertz CT molecular complexity index is 968. The average molecular weight is 368 g/mol. The molecule has 3 rings (SSSR count). The Balaban J connectivity index is 2.13. The minimum absolute atomic E-state index is 0.0574. The maximum Gasteiger partial charge on any atom is 0.355 e. The highest BCUT2D eigenvalue weighted by Crippen LogP contribution is 2.29. The molecular weight excluding hydrogens is 348 g/mol. The fourth-order valence-electron chi connectivity index (χ4n) is 2.80. The number of rotatable bonds is 5. The van der Waals surface area contributed by atoms with E-state index >= 15 is 0 Å². The predicted molar refractivity (Wildman–Crippen MR) is 99.8 cm³/mol. The van der Waals surface area contributed by atoms with Gasteiger partial charge in [0.15, 0.2) is 11.5 Å². The molecule has 2 aromatic rings. The number of methoxy groups -OCH3 is 2. The summed E-state index contributed by atoms with van der Waals surface area (Å²) >= 11 is 0. The summed E-state index contributed by atoms with van der Waals surface area (Å²) in [5.41, 5.74) is 2.12. The van der Waals surface area contributed by atoms with E-state index in [2.05, 4.69) is 11.9 Å². The van der Waals surface area contributed by atoms with Gasteiger partial charge in [0.25, 0.3) is 0 Å². The number of esters is 2. The first-order chi connectivity index (χ1) is 13.1. The Morgan fingerprint density at radius 3 is 2.63 bits per heavy atom.